The monoisotopic (exact) mass is 521 g/mol. The van der Waals surface area contributed by atoms with Crippen LogP contribution >= 0.6 is 24.4 Å². The second kappa shape index (κ2) is 17.3. The number of nitrogens with two attached hydrogens (primary N) is 3. The van der Waals surface area contributed by atoms with Gasteiger partial charge in [-0.2, -0.15) is 24.4 Å². The molecule has 0 aromatic carbocycles. The van der Waals surface area contributed by atoms with Crippen molar-refractivity contribution in [2.24, 2.45) is 28.1 Å². The Labute approximate surface area is 210 Å². The van der Waals surface area contributed by atoms with Gasteiger partial charge in [-0.05, 0) is 43.6 Å². The molecule has 3 amide bonds. The molecule has 0 aliphatic rings. The van der Waals surface area contributed by atoms with Crippen LogP contribution in [0.3, 0.4) is 0 Å². The molecule has 34 heavy (non-hydrogen) atoms. The zero-order chi connectivity index (χ0) is 26.3. The zero-order valence-electron chi connectivity index (χ0n) is 20.0. The molecule has 0 rings (SSSR count). The van der Waals surface area contributed by atoms with Gasteiger partial charge in [0.05, 0.1) is 6.04 Å². The second-order valence-electron chi connectivity index (χ2n) is 8.17. The predicted molar refractivity (Wildman–Crippen MR) is 138 cm³/mol. The van der Waals surface area contributed by atoms with Gasteiger partial charge in [0.2, 0.25) is 17.7 Å². The van der Waals surface area contributed by atoms with Crippen molar-refractivity contribution in [3.8, 4) is 0 Å². The Morgan fingerprint density at radius 3 is 2.03 bits per heavy atom. The number of carboxylic acids is 1. The van der Waals surface area contributed by atoms with Crippen LogP contribution in [0.15, 0.2) is 4.99 Å². The Morgan fingerprint density at radius 2 is 1.53 bits per heavy atom. The van der Waals surface area contributed by atoms with E-state index in [1.165, 1.54) is 11.8 Å². The maximum absolute atomic E-state index is 13.0. The molecule has 12 nitrogen and oxygen atoms in total. The normalized spacial score (nSPS) is 14.4. The van der Waals surface area contributed by atoms with Crippen molar-refractivity contribution in [2.45, 2.75) is 63.7 Å². The Bertz CT molecular complexity index is 705. The minimum atomic E-state index is -1.17. The van der Waals surface area contributed by atoms with E-state index in [9.17, 15) is 24.3 Å². The lowest BCUT2D eigenvalue weighted by atomic mass is 10.0. The van der Waals surface area contributed by atoms with E-state index in [2.05, 4.69) is 33.6 Å². The number of guanidine groups is 1. The minimum absolute atomic E-state index is 0.0559. The van der Waals surface area contributed by atoms with Gasteiger partial charge in [0.25, 0.3) is 0 Å². The summed E-state index contributed by atoms with van der Waals surface area (Å²) < 4.78 is 0. The lowest BCUT2D eigenvalue weighted by Gasteiger charge is -2.26. The van der Waals surface area contributed by atoms with Crippen LogP contribution in [0.25, 0.3) is 0 Å². The number of nitrogens with zero attached hydrogens (tertiary/aromatic N) is 1. The number of thioether (sulfide) groups is 1. The third kappa shape index (κ3) is 13.5. The second-order valence-corrected chi connectivity index (χ2v) is 9.52. The van der Waals surface area contributed by atoms with Gasteiger partial charge in [-0.1, -0.05) is 13.8 Å². The summed E-state index contributed by atoms with van der Waals surface area (Å²) >= 11 is 5.45. The number of thiol groups is 1. The molecule has 10 N–H and O–H groups in total. The smallest absolute Gasteiger partial charge is 0.326 e. The quantitative estimate of drug-likeness (QED) is 0.0490. The number of carboxylic acid groups (broad SMARTS) is 1. The highest BCUT2D eigenvalue weighted by atomic mass is 32.2. The molecule has 0 saturated carbocycles. The van der Waals surface area contributed by atoms with E-state index in [0.29, 0.717) is 18.6 Å². The van der Waals surface area contributed by atoms with Crippen LogP contribution in [-0.2, 0) is 19.2 Å². The number of carbonyl (C=O) groups excluding carboxylic acids is 3. The first-order chi connectivity index (χ1) is 15.9. The van der Waals surface area contributed by atoms with E-state index < -0.39 is 47.9 Å². The molecule has 0 aromatic rings. The largest absolute Gasteiger partial charge is 0.480 e. The molecule has 0 fully saturated rings. The van der Waals surface area contributed by atoms with Gasteiger partial charge in [0.15, 0.2) is 5.96 Å². The summed E-state index contributed by atoms with van der Waals surface area (Å²) in [7, 11) is 0. The molecule has 14 heteroatoms. The van der Waals surface area contributed by atoms with E-state index in [1.807, 2.05) is 20.1 Å². The molecule has 0 aliphatic heterocycles. The minimum Gasteiger partial charge on any atom is -0.480 e. The van der Waals surface area contributed by atoms with Crippen LogP contribution in [0, 0.1) is 5.92 Å². The predicted octanol–water partition coefficient (Wildman–Crippen LogP) is -1.36. The average molecular weight is 522 g/mol. The molecular weight excluding hydrogens is 482 g/mol. The highest BCUT2D eigenvalue weighted by molar-refractivity contribution is 7.98. The van der Waals surface area contributed by atoms with Gasteiger partial charge in [-0.3, -0.25) is 19.4 Å². The number of aliphatic carboxylic acids is 1. The number of amides is 3. The lowest BCUT2D eigenvalue weighted by molar-refractivity contribution is -0.142. The Kier molecular flexibility index (Phi) is 16.2. The van der Waals surface area contributed by atoms with Gasteiger partial charge in [0.1, 0.15) is 18.1 Å². The van der Waals surface area contributed by atoms with E-state index in [-0.39, 0.29) is 37.0 Å². The SMILES string of the molecule is CSCCC(NC(=O)C(CCCN=C(N)N)NC(=O)C(CC(C)C)NC(=O)C(N)CS)C(=O)O. The molecule has 0 aromatic heterocycles. The van der Waals surface area contributed by atoms with Crippen LogP contribution < -0.4 is 33.2 Å². The first kappa shape index (κ1) is 31.8. The number of hydrogen-bond acceptors (Lipinski definition) is 8. The number of hydrogen-bond donors (Lipinski definition) is 8. The van der Waals surface area contributed by atoms with Crippen molar-refractivity contribution in [3.63, 3.8) is 0 Å². The molecule has 0 radical (unpaired) electrons. The fraction of sp³-hybridized carbons (Fsp3) is 0.750. The maximum Gasteiger partial charge on any atom is 0.326 e. The maximum atomic E-state index is 13.0. The Hall–Kier alpha value is -2.19. The first-order valence-electron chi connectivity index (χ1n) is 11.0. The zero-order valence-corrected chi connectivity index (χ0v) is 21.7. The van der Waals surface area contributed by atoms with Crippen LogP contribution in [0.1, 0.15) is 39.5 Å². The van der Waals surface area contributed by atoms with Crippen molar-refractivity contribution in [1.29, 1.82) is 0 Å². The van der Waals surface area contributed by atoms with Gasteiger partial charge >= 0.3 is 5.97 Å². The third-order valence-corrected chi connectivity index (χ3v) is 5.71. The van der Waals surface area contributed by atoms with Crippen LogP contribution in [-0.4, -0.2) is 83.2 Å². The molecular formula is C20H39N7O5S2. The molecule has 0 spiro atoms. The fourth-order valence-corrected chi connectivity index (χ4v) is 3.51. The van der Waals surface area contributed by atoms with Gasteiger partial charge in [-0.25, -0.2) is 4.79 Å². The van der Waals surface area contributed by atoms with Crippen molar-refractivity contribution >= 4 is 54.0 Å². The molecule has 4 atom stereocenters. The standard InChI is InChI=1S/C20H39N7O5S2/c1-11(2)9-15(27-16(28)12(21)10-33)18(30)25-13(5-4-7-24-20(22)23)17(29)26-14(19(31)32)6-8-34-3/h11-15,33H,4-10,21H2,1-3H3,(H,25,30)(H,26,29)(H,27,28)(H,31,32)(H4,22,23,24). The van der Waals surface area contributed by atoms with Crippen molar-refractivity contribution in [2.75, 3.05) is 24.3 Å². The van der Waals surface area contributed by atoms with Crippen LogP contribution in [0.4, 0.5) is 0 Å². The van der Waals surface area contributed by atoms with Gasteiger partial charge < -0.3 is 38.3 Å². The summed E-state index contributed by atoms with van der Waals surface area (Å²) in [5, 5.41) is 17.2. The summed E-state index contributed by atoms with van der Waals surface area (Å²) in [5.74, 6) is -2.34. The van der Waals surface area contributed by atoms with Crippen molar-refractivity contribution < 1.29 is 24.3 Å². The third-order valence-electron chi connectivity index (χ3n) is 4.68. The van der Waals surface area contributed by atoms with Crippen molar-refractivity contribution in [3.05, 3.63) is 0 Å². The summed E-state index contributed by atoms with van der Waals surface area (Å²) in [6, 6.07) is -3.98. The molecule has 196 valence electrons. The van der Waals surface area contributed by atoms with Crippen molar-refractivity contribution in [1.82, 2.24) is 16.0 Å². The fourth-order valence-electron chi connectivity index (χ4n) is 2.87. The molecule has 4 unspecified atom stereocenters. The number of rotatable bonds is 17. The Balaban J connectivity index is 5.55. The van der Waals surface area contributed by atoms with E-state index in [1.54, 1.807) is 0 Å². The molecule has 0 saturated heterocycles. The highest BCUT2D eigenvalue weighted by Crippen LogP contribution is 2.08. The van der Waals surface area contributed by atoms with Gasteiger partial charge in [-0.15, -0.1) is 0 Å². The molecule has 0 heterocycles. The molecule has 0 aliphatic carbocycles. The Morgan fingerprint density at radius 1 is 0.971 bits per heavy atom. The topological polar surface area (TPSA) is 215 Å². The van der Waals surface area contributed by atoms with E-state index in [4.69, 9.17) is 17.2 Å². The summed E-state index contributed by atoms with van der Waals surface area (Å²) in [6.07, 6.45) is 2.87. The number of carbonyl (C=O) groups is 4. The summed E-state index contributed by atoms with van der Waals surface area (Å²) in [4.78, 5) is 53.6. The van der Waals surface area contributed by atoms with Gasteiger partial charge in [0, 0.05) is 12.3 Å². The van der Waals surface area contributed by atoms with E-state index >= 15 is 0 Å². The summed E-state index contributed by atoms with van der Waals surface area (Å²) in [6.45, 7) is 3.99. The average Bonchev–Trinajstić information content (AvgIpc) is 2.76. The molecule has 0 bridgehead atoms. The highest BCUT2D eigenvalue weighted by Gasteiger charge is 2.30. The number of nitrogens with one attached hydrogen (secondary N) is 3. The number of aliphatic imine (C=N–C) groups is 1. The lowest BCUT2D eigenvalue weighted by Crippen LogP contribution is -2.57. The van der Waals surface area contributed by atoms with Crippen LogP contribution in [0.2, 0.25) is 0 Å². The summed E-state index contributed by atoms with van der Waals surface area (Å²) in [5.41, 5.74) is 16.3. The first-order valence-corrected chi connectivity index (χ1v) is 13.0. The van der Waals surface area contributed by atoms with Crippen LogP contribution in [0.5, 0.6) is 0 Å². The van der Waals surface area contributed by atoms with E-state index in [0.717, 1.165) is 0 Å².